The van der Waals surface area contributed by atoms with Crippen LogP contribution in [0, 0.1) is 0 Å². The maximum atomic E-state index is 5.52. The lowest BCUT2D eigenvalue weighted by atomic mass is 10.2. The maximum absolute atomic E-state index is 5.52. The number of hydrogen-bond donors (Lipinski definition) is 1. The van der Waals surface area contributed by atoms with Gasteiger partial charge in [0.25, 0.3) is 6.01 Å². The Labute approximate surface area is 103 Å². The Balaban J connectivity index is 1.90. The molecule has 5 heteroatoms. The van der Waals surface area contributed by atoms with Crippen LogP contribution in [-0.2, 0) is 6.54 Å². The van der Waals surface area contributed by atoms with Crippen LogP contribution < -0.4 is 10.6 Å². The van der Waals surface area contributed by atoms with Crippen LogP contribution in [0.1, 0.15) is 26.0 Å². The molecule has 0 aliphatic carbocycles. The topological polar surface area (TPSA) is 58.5 Å². The fraction of sp³-hybridized carbons (Fsp3) is 0.750. The van der Waals surface area contributed by atoms with Crippen molar-refractivity contribution in [3.05, 3.63) is 12.0 Å². The molecule has 0 radical (unpaired) electrons. The summed E-state index contributed by atoms with van der Waals surface area (Å²) in [5.41, 5.74) is 6.35. The van der Waals surface area contributed by atoms with Crippen LogP contribution in [0.3, 0.4) is 0 Å². The fourth-order valence-corrected chi connectivity index (χ4v) is 2.15. The van der Waals surface area contributed by atoms with E-state index in [0.29, 0.717) is 18.6 Å². The second-order valence-corrected chi connectivity index (χ2v) is 4.61. The van der Waals surface area contributed by atoms with Gasteiger partial charge in [0.15, 0.2) is 0 Å². The van der Waals surface area contributed by atoms with Crippen LogP contribution in [-0.4, -0.2) is 42.1 Å². The molecule has 1 aliphatic heterocycles. The van der Waals surface area contributed by atoms with Crippen LogP contribution in [0.25, 0.3) is 0 Å². The van der Waals surface area contributed by atoms with Crippen molar-refractivity contribution in [3.8, 4) is 0 Å². The third kappa shape index (κ3) is 2.79. The third-order valence-corrected chi connectivity index (χ3v) is 3.55. The number of nitrogens with zero attached hydrogens (tertiary/aromatic N) is 3. The molecule has 0 bridgehead atoms. The highest BCUT2D eigenvalue weighted by molar-refractivity contribution is 5.27. The third-order valence-electron chi connectivity index (χ3n) is 3.55. The summed E-state index contributed by atoms with van der Waals surface area (Å²) in [7, 11) is 0. The molecule has 0 aromatic carbocycles. The van der Waals surface area contributed by atoms with Crippen LogP contribution in [0.4, 0.5) is 6.01 Å². The van der Waals surface area contributed by atoms with E-state index in [4.69, 9.17) is 10.2 Å². The molecule has 0 saturated carbocycles. The second-order valence-electron chi connectivity index (χ2n) is 4.61. The number of oxazole rings is 1. The summed E-state index contributed by atoms with van der Waals surface area (Å²) >= 11 is 0. The molecule has 1 aromatic rings. The van der Waals surface area contributed by atoms with E-state index in [1.165, 1.54) is 6.42 Å². The van der Waals surface area contributed by atoms with Crippen LogP contribution in [0.2, 0.25) is 0 Å². The molecule has 0 spiro atoms. The van der Waals surface area contributed by atoms with Gasteiger partial charge in [0.1, 0.15) is 6.26 Å². The van der Waals surface area contributed by atoms with Crippen molar-refractivity contribution in [2.45, 2.75) is 32.9 Å². The predicted octanol–water partition coefficient (Wildman–Crippen LogP) is 1.05. The molecule has 1 saturated heterocycles. The molecular weight excluding hydrogens is 216 g/mol. The zero-order chi connectivity index (χ0) is 12.3. The van der Waals surface area contributed by atoms with Gasteiger partial charge in [-0.1, -0.05) is 6.92 Å². The van der Waals surface area contributed by atoms with Gasteiger partial charge in [0.05, 0.1) is 5.69 Å². The molecule has 5 nitrogen and oxygen atoms in total. The summed E-state index contributed by atoms with van der Waals surface area (Å²) < 4.78 is 5.43. The molecule has 1 atom stereocenters. The number of piperazine rings is 1. The van der Waals surface area contributed by atoms with Crippen molar-refractivity contribution in [1.82, 2.24) is 9.88 Å². The van der Waals surface area contributed by atoms with E-state index in [-0.39, 0.29) is 0 Å². The van der Waals surface area contributed by atoms with E-state index in [9.17, 15) is 0 Å². The van der Waals surface area contributed by atoms with Crippen molar-refractivity contribution in [1.29, 1.82) is 0 Å². The van der Waals surface area contributed by atoms with Gasteiger partial charge in [-0.05, 0) is 13.3 Å². The molecule has 1 unspecified atom stereocenters. The van der Waals surface area contributed by atoms with Crippen molar-refractivity contribution in [2.24, 2.45) is 5.73 Å². The molecule has 2 N–H and O–H groups in total. The van der Waals surface area contributed by atoms with E-state index in [1.807, 2.05) is 0 Å². The summed E-state index contributed by atoms with van der Waals surface area (Å²) in [6.45, 7) is 9.08. The Hall–Kier alpha value is -1.07. The van der Waals surface area contributed by atoms with Crippen molar-refractivity contribution >= 4 is 6.01 Å². The van der Waals surface area contributed by atoms with Crippen molar-refractivity contribution < 1.29 is 4.42 Å². The molecule has 96 valence electrons. The average molecular weight is 238 g/mol. The lowest BCUT2D eigenvalue weighted by Gasteiger charge is -2.37. The van der Waals surface area contributed by atoms with Crippen LogP contribution in [0.5, 0.6) is 0 Å². The predicted molar refractivity (Wildman–Crippen MR) is 67.9 cm³/mol. The zero-order valence-corrected chi connectivity index (χ0v) is 10.7. The largest absolute Gasteiger partial charge is 0.432 e. The minimum absolute atomic E-state index is 0.441. The first-order valence-electron chi connectivity index (χ1n) is 6.38. The number of nitrogens with two attached hydrogens (primary N) is 1. The standard InChI is InChI=1S/C12H22N4O/c1-3-10(2)15-4-6-16(7-5-15)12-14-11(8-13)9-17-12/h9-10H,3-8,13H2,1-2H3. The van der Waals surface area contributed by atoms with Gasteiger partial charge in [-0.15, -0.1) is 0 Å². The van der Waals surface area contributed by atoms with E-state index >= 15 is 0 Å². The highest BCUT2D eigenvalue weighted by atomic mass is 16.4. The Bertz CT molecular complexity index is 344. The number of hydrogen-bond acceptors (Lipinski definition) is 5. The number of anilines is 1. The SMILES string of the molecule is CCC(C)N1CCN(c2nc(CN)co2)CC1. The summed E-state index contributed by atoms with van der Waals surface area (Å²) in [4.78, 5) is 9.07. The quantitative estimate of drug-likeness (QED) is 0.849. The van der Waals surface area contributed by atoms with Gasteiger partial charge in [0.2, 0.25) is 0 Å². The van der Waals surface area contributed by atoms with E-state index < -0.39 is 0 Å². The molecule has 17 heavy (non-hydrogen) atoms. The Morgan fingerprint density at radius 2 is 2.12 bits per heavy atom. The lowest BCUT2D eigenvalue weighted by molar-refractivity contribution is 0.190. The average Bonchev–Trinajstić information content (AvgIpc) is 2.87. The summed E-state index contributed by atoms with van der Waals surface area (Å²) in [6, 6.07) is 1.38. The van der Waals surface area contributed by atoms with E-state index in [0.717, 1.165) is 31.9 Å². The van der Waals surface area contributed by atoms with Crippen molar-refractivity contribution in [2.75, 3.05) is 31.1 Å². The van der Waals surface area contributed by atoms with Gasteiger partial charge in [-0.2, -0.15) is 4.98 Å². The fourth-order valence-electron chi connectivity index (χ4n) is 2.15. The first-order valence-corrected chi connectivity index (χ1v) is 6.38. The molecular formula is C12H22N4O. The molecule has 0 amide bonds. The maximum Gasteiger partial charge on any atom is 0.297 e. The smallest absolute Gasteiger partial charge is 0.297 e. The van der Waals surface area contributed by atoms with Gasteiger partial charge in [-0.25, -0.2) is 0 Å². The van der Waals surface area contributed by atoms with Gasteiger partial charge >= 0.3 is 0 Å². The second kappa shape index (κ2) is 5.51. The zero-order valence-electron chi connectivity index (χ0n) is 10.7. The first kappa shape index (κ1) is 12.4. The van der Waals surface area contributed by atoms with E-state index in [1.54, 1.807) is 6.26 Å². The minimum atomic E-state index is 0.441. The van der Waals surface area contributed by atoms with Crippen LogP contribution >= 0.6 is 0 Å². The Morgan fingerprint density at radius 1 is 1.41 bits per heavy atom. The minimum Gasteiger partial charge on any atom is -0.432 e. The number of rotatable bonds is 4. The summed E-state index contributed by atoms with van der Waals surface area (Å²) in [5, 5.41) is 0. The van der Waals surface area contributed by atoms with Gasteiger partial charge in [-0.3, -0.25) is 4.90 Å². The molecule has 1 aromatic heterocycles. The van der Waals surface area contributed by atoms with Crippen LogP contribution in [0.15, 0.2) is 10.7 Å². The number of aromatic nitrogens is 1. The van der Waals surface area contributed by atoms with Gasteiger partial charge < -0.3 is 15.1 Å². The van der Waals surface area contributed by atoms with Crippen molar-refractivity contribution in [3.63, 3.8) is 0 Å². The molecule has 2 heterocycles. The highest BCUT2D eigenvalue weighted by Crippen LogP contribution is 2.17. The summed E-state index contributed by atoms with van der Waals surface area (Å²) in [6.07, 6.45) is 2.85. The highest BCUT2D eigenvalue weighted by Gasteiger charge is 2.22. The molecule has 1 fully saturated rings. The molecule has 2 rings (SSSR count). The Morgan fingerprint density at radius 3 is 2.65 bits per heavy atom. The normalized spacial score (nSPS) is 19.6. The lowest BCUT2D eigenvalue weighted by Crippen LogP contribution is -2.49. The van der Waals surface area contributed by atoms with E-state index in [2.05, 4.69) is 28.6 Å². The Kier molecular flexibility index (Phi) is 4.02. The monoisotopic (exact) mass is 238 g/mol. The van der Waals surface area contributed by atoms with Gasteiger partial charge in [0, 0.05) is 38.8 Å². The summed E-state index contributed by atoms with van der Waals surface area (Å²) in [5.74, 6) is 0. The first-order chi connectivity index (χ1) is 8.24. The molecule has 1 aliphatic rings.